The van der Waals surface area contributed by atoms with Crippen molar-refractivity contribution in [3.8, 4) is 0 Å². The molecule has 2 rings (SSSR count). The lowest BCUT2D eigenvalue weighted by Gasteiger charge is -2.24. The molecule has 0 saturated heterocycles. The summed E-state index contributed by atoms with van der Waals surface area (Å²) in [4.78, 5) is 18.7. The van der Waals surface area contributed by atoms with Gasteiger partial charge in [0, 0.05) is 12.0 Å². The second-order valence-corrected chi connectivity index (χ2v) is 7.17. The van der Waals surface area contributed by atoms with Crippen molar-refractivity contribution >= 4 is 10.0 Å². The van der Waals surface area contributed by atoms with E-state index in [1.165, 1.54) is 6.07 Å². The Morgan fingerprint density at radius 3 is 2.80 bits per heavy atom. The Kier molecular flexibility index (Phi) is 4.93. The van der Waals surface area contributed by atoms with Crippen molar-refractivity contribution < 1.29 is 8.42 Å². The summed E-state index contributed by atoms with van der Waals surface area (Å²) < 4.78 is 25.9. The van der Waals surface area contributed by atoms with Crippen molar-refractivity contribution in [1.82, 2.24) is 14.7 Å². The van der Waals surface area contributed by atoms with Crippen LogP contribution in [0.15, 0.2) is 10.9 Å². The molecular weight excluding hydrogens is 278 g/mol. The highest BCUT2D eigenvalue weighted by Gasteiger charge is 2.22. The van der Waals surface area contributed by atoms with Gasteiger partial charge in [0.2, 0.25) is 10.0 Å². The molecule has 1 aromatic rings. The highest BCUT2D eigenvalue weighted by Crippen LogP contribution is 2.33. The first-order chi connectivity index (χ1) is 9.50. The van der Waals surface area contributed by atoms with Crippen LogP contribution in [0.3, 0.4) is 0 Å². The zero-order chi connectivity index (χ0) is 14.6. The van der Waals surface area contributed by atoms with E-state index in [0.717, 1.165) is 25.7 Å². The summed E-state index contributed by atoms with van der Waals surface area (Å²) in [6, 6.07) is 1.35. The summed E-state index contributed by atoms with van der Waals surface area (Å²) >= 11 is 0. The Balaban J connectivity index is 2.02. The highest BCUT2D eigenvalue weighted by molar-refractivity contribution is 7.89. The lowest BCUT2D eigenvalue weighted by atomic mass is 9.85. The van der Waals surface area contributed by atoms with E-state index in [2.05, 4.69) is 14.7 Å². The molecule has 112 valence electrons. The predicted molar refractivity (Wildman–Crippen MR) is 77.0 cm³/mol. The minimum Gasteiger partial charge on any atom is -0.310 e. The lowest BCUT2D eigenvalue weighted by Crippen LogP contribution is -2.28. The fourth-order valence-corrected chi connectivity index (χ4v) is 3.27. The van der Waals surface area contributed by atoms with Gasteiger partial charge in [-0.2, -0.15) is 0 Å². The third-order valence-electron chi connectivity index (χ3n) is 3.54. The van der Waals surface area contributed by atoms with E-state index >= 15 is 0 Å². The van der Waals surface area contributed by atoms with Crippen LogP contribution >= 0.6 is 0 Å². The lowest BCUT2D eigenvalue weighted by molar-refractivity contribution is 0.399. The smallest absolute Gasteiger partial charge is 0.251 e. The zero-order valence-electron chi connectivity index (χ0n) is 11.7. The van der Waals surface area contributed by atoms with Crippen LogP contribution in [0.5, 0.6) is 0 Å². The number of aromatic nitrogens is 2. The molecule has 6 nitrogen and oxygen atoms in total. The molecule has 1 aromatic heterocycles. The second kappa shape index (κ2) is 6.49. The van der Waals surface area contributed by atoms with Gasteiger partial charge in [0.15, 0.2) is 0 Å². The Hall–Kier alpha value is -1.21. The molecule has 1 heterocycles. The minimum absolute atomic E-state index is 0.0791. The van der Waals surface area contributed by atoms with E-state index in [4.69, 9.17) is 0 Å². The van der Waals surface area contributed by atoms with E-state index in [1.807, 2.05) is 6.92 Å². The van der Waals surface area contributed by atoms with Crippen LogP contribution in [0.2, 0.25) is 0 Å². The van der Waals surface area contributed by atoms with Crippen LogP contribution in [0, 0.1) is 0 Å². The van der Waals surface area contributed by atoms with Gasteiger partial charge >= 0.3 is 0 Å². The Labute approximate surface area is 119 Å². The van der Waals surface area contributed by atoms with E-state index in [1.54, 1.807) is 0 Å². The molecule has 1 saturated carbocycles. The van der Waals surface area contributed by atoms with Crippen molar-refractivity contribution in [2.75, 3.05) is 5.75 Å². The molecular formula is C13H21N3O3S. The Bertz CT molecular complexity index is 606. The fourth-order valence-electron chi connectivity index (χ4n) is 2.08. The number of nitrogens with zero attached hydrogens (tertiary/aromatic N) is 1. The molecule has 0 atom stereocenters. The fraction of sp³-hybridized carbons (Fsp3) is 0.692. The zero-order valence-corrected chi connectivity index (χ0v) is 12.5. The molecule has 1 fully saturated rings. The van der Waals surface area contributed by atoms with Gasteiger partial charge in [-0.25, -0.2) is 18.1 Å². The number of rotatable bonds is 7. The van der Waals surface area contributed by atoms with Gasteiger partial charge in [-0.1, -0.05) is 19.8 Å². The quantitative estimate of drug-likeness (QED) is 0.792. The van der Waals surface area contributed by atoms with Crippen molar-refractivity contribution in [2.45, 2.75) is 51.5 Å². The molecule has 2 N–H and O–H groups in total. The van der Waals surface area contributed by atoms with Gasteiger partial charge in [0.25, 0.3) is 5.56 Å². The number of unbranched alkanes of at least 4 members (excludes halogenated alkanes) is 1. The summed E-state index contributed by atoms with van der Waals surface area (Å²) in [5, 5.41) is 0. The number of aromatic amines is 1. The summed E-state index contributed by atoms with van der Waals surface area (Å²) in [5.41, 5.74) is 0.264. The third kappa shape index (κ3) is 4.14. The molecule has 0 unspecified atom stereocenters. The molecule has 1 aliphatic rings. The third-order valence-corrected chi connectivity index (χ3v) is 4.96. The molecule has 0 spiro atoms. The first-order valence-electron chi connectivity index (χ1n) is 7.07. The number of hydrogen-bond acceptors (Lipinski definition) is 4. The van der Waals surface area contributed by atoms with E-state index < -0.39 is 10.0 Å². The summed E-state index contributed by atoms with van der Waals surface area (Å²) in [6.45, 7) is 2.02. The average Bonchev–Trinajstić information content (AvgIpc) is 2.32. The molecule has 0 aliphatic heterocycles. The predicted octanol–water partition coefficient (Wildman–Crippen LogP) is 1.26. The normalized spacial score (nSPS) is 16.1. The largest absolute Gasteiger partial charge is 0.310 e. The van der Waals surface area contributed by atoms with Gasteiger partial charge in [-0.15, -0.1) is 0 Å². The first-order valence-corrected chi connectivity index (χ1v) is 8.73. The van der Waals surface area contributed by atoms with Gasteiger partial charge < -0.3 is 4.98 Å². The van der Waals surface area contributed by atoms with Crippen LogP contribution in [-0.4, -0.2) is 24.1 Å². The number of H-pyrrole nitrogens is 1. The Morgan fingerprint density at radius 1 is 1.45 bits per heavy atom. The van der Waals surface area contributed by atoms with Gasteiger partial charge in [0.05, 0.1) is 18.0 Å². The number of sulfonamides is 1. The summed E-state index contributed by atoms with van der Waals surface area (Å²) in [5.74, 6) is 1.12. The van der Waals surface area contributed by atoms with Gasteiger partial charge in [-0.3, -0.25) is 4.79 Å². The molecule has 1 aliphatic carbocycles. The van der Waals surface area contributed by atoms with Crippen LogP contribution in [-0.2, 0) is 16.6 Å². The van der Waals surface area contributed by atoms with Crippen LogP contribution < -0.4 is 10.3 Å². The second-order valence-electron chi connectivity index (χ2n) is 5.24. The van der Waals surface area contributed by atoms with Crippen molar-refractivity contribution in [3.05, 3.63) is 27.9 Å². The van der Waals surface area contributed by atoms with Crippen molar-refractivity contribution in [2.24, 2.45) is 0 Å². The molecule has 0 radical (unpaired) electrons. The molecule has 20 heavy (non-hydrogen) atoms. The van der Waals surface area contributed by atoms with Gasteiger partial charge in [0.1, 0.15) is 5.82 Å². The number of nitrogens with one attached hydrogen (secondary N) is 2. The highest BCUT2D eigenvalue weighted by atomic mass is 32.2. The standard InChI is InChI=1S/C13H21N3O3S/c1-2-3-7-20(18,19)14-9-11-8-12(17)16-13(15-11)10-5-4-6-10/h8,10,14H,2-7,9H2,1H3,(H,15,16,17). The van der Waals surface area contributed by atoms with Crippen LogP contribution in [0.1, 0.15) is 56.5 Å². The van der Waals surface area contributed by atoms with E-state index in [-0.39, 0.29) is 17.9 Å². The SMILES string of the molecule is CCCCS(=O)(=O)NCc1cc(=O)[nH]c(C2CCC2)n1. The monoisotopic (exact) mass is 299 g/mol. The minimum atomic E-state index is -3.28. The van der Waals surface area contributed by atoms with Crippen molar-refractivity contribution in [1.29, 1.82) is 0 Å². The van der Waals surface area contributed by atoms with Crippen molar-refractivity contribution in [3.63, 3.8) is 0 Å². The maximum atomic E-state index is 11.7. The molecule has 7 heteroatoms. The van der Waals surface area contributed by atoms with Crippen LogP contribution in [0.4, 0.5) is 0 Å². The summed E-state index contributed by atoms with van der Waals surface area (Å²) in [7, 11) is -3.28. The first kappa shape index (κ1) is 15.2. The molecule has 0 bridgehead atoms. The van der Waals surface area contributed by atoms with E-state index in [0.29, 0.717) is 23.9 Å². The Morgan fingerprint density at radius 2 is 2.20 bits per heavy atom. The maximum Gasteiger partial charge on any atom is 0.251 e. The van der Waals surface area contributed by atoms with Gasteiger partial charge in [-0.05, 0) is 19.3 Å². The van der Waals surface area contributed by atoms with E-state index in [9.17, 15) is 13.2 Å². The van der Waals surface area contributed by atoms with Crippen LogP contribution in [0.25, 0.3) is 0 Å². The average molecular weight is 299 g/mol. The summed E-state index contributed by atoms with van der Waals surface area (Å²) in [6.07, 6.45) is 4.69. The molecule has 0 aromatic carbocycles. The maximum absolute atomic E-state index is 11.7. The number of hydrogen-bond donors (Lipinski definition) is 2. The molecule has 0 amide bonds. The topological polar surface area (TPSA) is 91.9 Å².